The molecule has 3 aliphatic rings. The van der Waals surface area contributed by atoms with Crippen LogP contribution in [0.5, 0.6) is 5.75 Å². The maximum Gasteiger partial charge on any atom is 0.488 e. The second-order valence-corrected chi connectivity index (χ2v) is 11.5. The number of rotatable bonds is 7. The van der Waals surface area contributed by atoms with E-state index in [1.54, 1.807) is 24.3 Å². The van der Waals surface area contributed by atoms with Crippen molar-refractivity contribution in [1.82, 2.24) is 0 Å². The smallest absolute Gasteiger partial charge is 0.488 e. The van der Waals surface area contributed by atoms with Crippen molar-refractivity contribution in [3.8, 4) is 5.75 Å². The minimum absolute atomic E-state index is 0.127. The normalized spacial score (nSPS) is 25.0. The predicted molar refractivity (Wildman–Crippen MR) is 154 cm³/mol. The molecule has 0 radical (unpaired) electrons. The first-order chi connectivity index (χ1) is 19.1. The van der Waals surface area contributed by atoms with Crippen LogP contribution in [0.4, 0.5) is 5.69 Å². The van der Waals surface area contributed by atoms with Gasteiger partial charge in [-0.2, -0.15) is 0 Å². The van der Waals surface area contributed by atoms with Gasteiger partial charge in [-0.25, -0.2) is 0 Å². The lowest BCUT2D eigenvalue weighted by molar-refractivity contribution is -0.122. The number of amides is 2. The molecule has 208 valence electrons. The van der Waals surface area contributed by atoms with Crippen molar-refractivity contribution in [2.75, 3.05) is 4.90 Å². The first-order valence-corrected chi connectivity index (χ1v) is 13.9. The summed E-state index contributed by atoms with van der Waals surface area (Å²) in [6.45, 7) is 6.15. The highest BCUT2D eigenvalue weighted by Crippen LogP contribution is 2.52. The van der Waals surface area contributed by atoms with Gasteiger partial charge in [-0.15, -0.1) is 0 Å². The molecule has 0 spiro atoms. The van der Waals surface area contributed by atoms with Crippen LogP contribution in [-0.2, 0) is 14.2 Å². The zero-order chi connectivity index (χ0) is 28.7. The van der Waals surface area contributed by atoms with Crippen LogP contribution in [0.25, 0.3) is 6.08 Å². The third-order valence-corrected chi connectivity index (χ3v) is 8.51. The molecule has 40 heavy (non-hydrogen) atoms. The molecular formula is C30H35B2NO7. The van der Waals surface area contributed by atoms with Crippen molar-refractivity contribution in [2.24, 2.45) is 23.7 Å². The molecule has 0 unspecified atom stereocenters. The molecule has 2 aromatic carbocycles. The van der Waals surface area contributed by atoms with Crippen molar-refractivity contribution < 1.29 is 34.4 Å². The number of hydrogen-bond acceptors (Lipinski definition) is 7. The van der Waals surface area contributed by atoms with E-state index in [-0.39, 0.29) is 41.2 Å². The van der Waals surface area contributed by atoms with Crippen LogP contribution < -0.4 is 10.4 Å². The Morgan fingerprint density at radius 1 is 1.12 bits per heavy atom. The maximum absolute atomic E-state index is 13.9. The van der Waals surface area contributed by atoms with E-state index in [0.29, 0.717) is 24.9 Å². The fourth-order valence-electron chi connectivity index (χ4n) is 6.63. The summed E-state index contributed by atoms with van der Waals surface area (Å²) in [7, 11) is -2.77. The van der Waals surface area contributed by atoms with Crippen LogP contribution in [0, 0.1) is 23.7 Å². The van der Waals surface area contributed by atoms with Crippen LogP contribution in [0.1, 0.15) is 45.6 Å². The van der Waals surface area contributed by atoms with Crippen LogP contribution in [0.2, 0.25) is 6.32 Å². The van der Waals surface area contributed by atoms with Crippen molar-refractivity contribution in [1.29, 1.82) is 0 Å². The molecule has 4 atom stereocenters. The summed E-state index contributed by atoms with van der Waals surface area (Å²) in [6, 6.07) is 13.3. The topological polar surface area (TPSA) is 128 Å². The van der Waals surface area contributed by atoms with E-state index in [2.05, 4.69) is 13.8 Å². The van der Waals surface area contributed by atoms with Gasteiger partial charge in [0.1, 0.15) is 5.75 Å². The molecule has 5 rings (SSSR count). The summed E-state index contributed by atoms with van der Waals surface area (Å²) < 4.78 is 6.08. The Morgan fingerprint density at radius 2 is 1.88 bits per heavy atom. The average molecular weight is 543 g/mol. The number of allylic oxidation sites excluding steroid dienone is 2. The number of aromatic hydroxyl groups is 1. The van der Waals surface area contributed by atoms with E-state index in [4.69, 9.17) is 4.65 Å². The number of benzene rings is 2. The maximum atomic E-state index is 13.9. The molecule has 2 fully saturated rings. The minimum Gasteiger partial charge on any atom is -0.507 e. The van der Waals surface area contributed by atoms with Crippen LogP contribution in [0.15, 0.2) is 65.3 Å². The molecule has 2 aliphatic heterocycles. The second kappa shape index (κ2) is 11.4. The van der Waals surface area contributed by atoms with Gasteiger partial charge in [-0.3, -0.25) is 14.5 Å². The summed E-state index contributed by atoms with van der Waals surface area (Å²) in [5.74, 6) is -1.78. The van der Waals surface area contributed by atoms with Crippen molar-refractivity contribution in [2.45, 2.75) is 52.5 Å². The fraction of sp³-hybridized carbons (Fsp3) is 0.400. The third kappa shape index (κ3) is 5.29. The Kier molecular flexibility index (Phi) is 8.06. The molecule has 10 heteroatoms. The number of phenols is 1. The summed E-state index contributed by atoms with van der Waals surface area (Å²) in [5.41, 5.74) is 4.43. The summed E-state index contributed by atoms with van der Waals surface area (Å²) >= 11 is 0. The van der Waals surface area contributed by atoms with Gasteiger partial charge in [0, 0.05) is 5.56 Å². The van der Waals surface area contributed by atoms with Crippen molar-refractivity contribution >= 4 is 43.3 Å². The lowest BCUT2D eigenvalue weighted by Gasteiger charge is -2.44. The van der Waals surface area contributed by atoms with E-state index in [9.17, 15) is 29.8 Å². The van der Waals surface area contributed by atoms with Crippen LogP contribution >= 0.6 is 0 Å². The van der Waals surface area contributed by atoms with E-state index in [0.717, 1.165) is 22.3 Å². The van der Waals surface area contributed by atoms with Crippen molar-refractivity contribution in [3.05, 3.63) is 70.8 Å². The summed E-state index contributed by atoms with van der Waals surface area (Å²) in [4.78, 5) is 28.7. The number of para-hydroxylation sites is 1. The Balaban J connectivity index is 1.45. The molecule has 2 saturated heterocycles. The highest BCUT2D eigenvalue weighted by atomic mass is 16.5. The number of carbonyl (C=O) groups is 2. The number of imide groups is 1. The van der Waals surface area contributed by atoms with Gasteiger partial charge in [-0.1, -0.05) is 61.4 Å². The van der Waals surface area contributed by atoms with Gasteiger partial charge in [0.15, 0.2) is 0 Å². The second-order valence-electron chi connectivity index (χ2n) is 11.5. The van der Waals surface area contributed by atoms with Crippen LogP contribution in [-0.4, -0.2) is 52.3 Å². The number of hydrogen-bond donors (Lipinski definition) is 4. The quantitative estimate of drug-likeness (QED) is 0.240. The lowest BCUT2D eigenvalue weighted by Crippen LogP contribution is -2.46. The highest BCUT2D eigenvalue weighted by molar-refractivity contribution is 6.58. The molecule has 0 saturated carbocycles. The zero-order valence-corrected chi connectivity index (χ0v) is 23.0. The van der Waals surface area contributed by atoms with Crippen molar-refractivity contribution in [3.63, 3.8) is 0 Å². The Hall–Kier alpha value is -3.17. The van der Waals surface area contributed by atoms with Gasteiger partial charge in [-0.05, 0) is 73.6 Å². The van der Waals surface area contributed by atoms with Gasteiger partial charge < -0.3 is 24.8 Å². The molecule has 1 aliphatic carbocycles. The lowest BCUT2D eigenvalue weighted by atomic mass is 9.57. The number of phenolic OH excluding ortho intramolecular Hbond substituents is 1. The van der Waals surface area contributed by atoms with E-state index < -0.39 is 32.2 Å². The Labute approximate surface area is 235 Å². The molecule has 2 amide bonds. The monoisotopic (exact) mass is 543 g/mol. The van der Waals surface area contributed by atoms with Gasteiger partial charge in [0.25, 0.3) is 0 Å². The molecule has 0 aromatic heterocycles. The predicted octanol–water partition coefficient (Wildman–Crippen LogP) is 2.91. The van der Waals surface area contributed by atoms with E-state index >= 15 is 0 Å². The number of fused-ring (bicyclic) bond motifs is 3. The average Bonchev–Trinajstić information content (AvgIpc) is 3.17. The number of nitrogens with zero attached hydrogens (tertiary/aromatic N) is 1. The SMILES string of the molecule is C/C(=C\c1ccccc1O)CC[C@H]1OB(O)C[C@H]2C1=C(C(C)C)C[C@H]1C(=O)N(c3cccc(B(O)O)c3)C(=O)[C@H]12. The molecule has 2 heterocycles. The minimum atomic E-state index is -1.72. The molecular weight excluding hydrogens is 508 g/mol. The summed E-state index contributed by atoms with van der Waals surface area (Å²) in [5, 5.41) is 40.2. The standard InChI is InChI=1S/C30H35B2NO7/c1-17(2)22-15-23-28(30(36)33(29(23)35)21-9-6-8-20(14-21)32(38)39)24-16-31(37)40-26(27(22)24)12-11-18(3)13-19-7-4-5-10-25(19)34/h4-10,13-14,17,23-24,26,28,34,37-39H,11-12,15-16H2,1-3H3/b18-13+/t23-,24+,26-,28-/m1/s1. The van der Waals surface area contributed by atoms with E-state index in [1.165, 1.54) is 17.0 Å². The van der Waals surface area contributed by atoms with Gasteiger partial charge in [0.05, 0.1) is 23.6 Å². The number of carbonyl (C=O) groups excluding carboxylic acids is 2. The zero-order valence-electron chi connectivity index (χ0n) is 23.0. The highest BCUT2D eigenvalue weighted by Gasteiger charge is 2.57. The molecule has 0 bridgehead atoms. The molecule has 2 aromatic rings. The summed E-state index contributed by atoms with van der Waals surface area (Å²) in [6.07, 6.45) is 3.48. The van der Waals surface area contributed by atoms with E-state index in [1.807, 2.05) is 25.1 Å². The Morgan fingerprint density at radius 3 is 2.58 bits per heavy atom. The molecule has 8 nitrogen and oxygen atoms in total. The van der Waals surface area contributed by atoms with Gasteiger partial charge >= 0.3 is 14.2 Å². The van der Waals surface area contributed by atoms with Gasteiger partial charge in [0.2, 0.25) is 11.8 Å². The third-order valence-electron chi connectivity index (χ3n) is 8.51. The first-order valence-electron chi connectivity index (χ1n) is 13.9. The fourth-order valence-corrected chi connectivity index (χ4v) is 6.63. The Bertz CT molecular complexity index is 1370. The first kappa shape index (κ1) is 28.4. The largest absolute Gasteiger partial charge is 0.507 e. The number of anilines is 1. The molecule has 4 N–H and O–H groups in total. The van der Waals surface area contributed by atoms with Crippen LogP contribution in [0.3, 0.4) is 0 Å².